The van der Waals surface area contributed by atoms with Crippen molar-refractivity contribution in [2.75, 3.05) is 13.1 Å². The van der Waals surface area contributed by atoms with Crippen LogP contribution in [0.5, 0.6) is 0 Å². The van der Waals surface area contributed by atoms with E-state index >= 15 is 0 Å². The molecular formula is C14H20N2O. The summed E-state index contributed by atoms with van der Waals surface area (Å²) in [6.07, 6.45) is 0.923. The van der Waals surface area contributed by atoms with E-state index in [2.05, 4.69) is 29.7 Å². The summed E-state index contributed by atoms with van der Waals surface area (Å²) in [5.41, 5.74) is 2.16. The first kappa shape index (κ1) is 12.1. The Morgan fingerprint density at radius 2 is 2.35 bits per heavy atom. The Labute approximate surface area is 103 Å². The van der Waals surface area contributed by atoms with Crippen LogP contribution in [0.25, 0.3) is 0 Å². The van der Waals surface area contributed by atoms with Gasteiger partial charge in [-0.15, -0.1) is 0 Å². The van der Waals surface area contributed by atoms with E-state index in [1.807, 2.05) is 19.1 Å². The van der Waals surface area contributed by atoms with E-state index in [4.69, 9.17) is 0 Å². The standard InChI is InChI=1S/C14H20N2O/c1-11-4-3-5-12(8-11)9-16-13(17)14(2)6-7-15-10-14/h3-5,8,15H,6-7,9-10H2,1-2H3,(H,16,17). The highest BCUT2D eigenvalue weighted by atomic mass is 16.2. The fraction of sp³-hybridized carbons (Fsp3) is 0.500. The van der Waals surface area contributed by atoms with Crippen molar-refractivity contribution >= 4 is 5.91 Å². The average molecular weight is 232 g/mol. The fourth-order valence-electron chi connectivity index (χ4n) is 2.23. The van der Waals surface area contributed by atoms with Gasteiger partial charge in [-0.25, -0.2) is 0 Å². The molecule has 1 aliphatic heterocycles. The highest BCUT2D eigenvalue weighted by Gasteiger charge is 2.35. The molecule has 1 atom stereocenters. The van der Waals surface area contributed by atoms with Crippen molar-refractivity contribution in [2.45, 2.75) is 26.8 Å². The van der Waals surface area contributed by atoms with Gasteiger partial charge < -0.3 is 10.6 Å². The average Bonchev–Trinajstić information content (AvgIpc) is 2.74. The molecule has 1 unspecified atom stereocenters. The van der Waals surface area contributed by atoms with E-state index in [1.54, 1.807) is 0 Å². The van der Waals surface area contributed by atoms with Gasteiger partial charge in [-0.1, -0.05) is 29.8 Å². The monoisotopic (exact) mass is 232 g/mol. The Kier molecular flexibility index (Phi) is 3.48. The lowest BCUT2D eigenvalue weighted by Crippen LogP contribution is -2.40. The molecule has 3 heteroatoms. The second-order valence-corrected chi connectivity index (χ2v) is 5.16. The molecule has 3 nitrogen and oxygen atoms in total. The molecule has 0 saturated carbocycles. The molecule has 0 bridgehead atoms. The van der Waals surface area contributed by atoms with Gasteiger partial charge in [0.1, 0.15) is 0 Å². The molecule has 92 valence electrons. The van der Waals surface area contributed by atoms with Crippen LogP contribution in [0.3, 0.4) is 0 Å². The van der Waals surface area contributed by atoms with Gasteiger partial charge in [-0.2, -0.15) is 0 Å². The number of carbonyl (C=O) groups excluding carboxylic acids is 1. The van der Waals surface area contributed by atoms with Gasteiger partial charge in [0, 0.05) is 13.1 Å². The molecular weight excluding hydrogens is 212 g/mol. The van der Waals surface area contributed by atoms with Crippen LogP contribution in [0, 0.1) is 12.3 Å². The SMILES string of the molecule is Cc1cccc(CNC(=O)C2(C)CCNC2)c1. The minimum atomic E-state index is -0.232. The van der Waals surface area contributed by atoms with E-state index in [1.165, 1.54) is 5.56 Å². The van der Waals surface area contributed by atoms with E-state index in [0.29, 0.717) is 6.54 Å². The van der Waals surface area contributed by atoms with E-state index < -0.39 is 0 Å². The third kappa shape index (κ3) is 2.86. The van der Waals surface area contributed by atoms with E-state index in [-0.39, 0.29) is 11.3 Å². The maximum absolute atomic E-state index is 12.1. The number of carbonyl (C=O) groups is 1. The zero-order valence-corrected chi connectivity index (χ0v) is 10.5. The van der Waals surface area contributed by atoms with Crippen LogP contribution in [0.15, 0.2) is 24.3 Å². The third-order valence-electron chi connectivity index (χ3n) is 3.45. The zero-order valence-electron chi connectivity index (χ0n) is 10.5. The number of hydrogen-bond acceptors (Lipinski definition) is 2. The molecule has 1 aromatic rings. The van der Waals surface area contributed by atoms with Crippen LogP contribution in [-0.4, -0.2) is 19.0 Å². The number of benzene rings is 1. The molecule has 1 heterocycles. The molecule has 0 aliphatic carbocycles. The first-order chi connectivity index (χ1) is 8.10. The van der Waals surface area contributed by atoms with Crippen molar-refractivity contribution < 1.29 is 4.79 Å². The lowest BCUT2D eigenvalue weighted by Gasteiger charge is -2.21. The van der Waals surface area contributed by atoms with E-state index in [9.17, 15) is 4.79 Å². The second-order valence-electron chi connectivity index (χ2n) is 5.16. The van der Waals surface area contributed by atoms with Gasteiger partial charge in [0.05, 0.1) is 5.41 Å². The van der Waals surface area contributed by atoms with Crippen molar-refractivity contribution in [3.8, 4) is 0 Å². The minimum Gasteiger partial charge on any atom is -0.352 e. The predicted molar refractivity (Wildman–Crippen MR) is 68.6 cm³/mol. The molecule has 1 aromatic carbocycles. The highest BCUT2D eigenvalue weighted by molar-refractivity contribution is 5.82. The largest absolute Gasteiger partial charge is 0.352 e. The first-order valence-electron chi connectivity index (χ1n) is 6.15. The van der Waals surface area contributed by atoms with Crippen molar-refractivity contribution in [1.82, 2.24) is 10.6 Å². The molecule has 2 rings (SSSR count). The number of nitrogens with one attached hydrogen (secondary N) is 2. The molecule has 1 fully saturated rings. The molecule has 0 aromatic heterocycles. The molecule has 0 spiro atoms. The van der Waals surface area contributed by atoms with Crippen LogP contribution in [0.4, 0.5) is 0 Å². The Morgan fingerprint density at radius 3 is 3.00 bits per heavy atom. The molecule has 1 saturated heterocycles. The fourth-order valence-corrected chi connectivity index (χ4v) is 2.23. The number of rotatable bonds is 3. The van der Waals surface area contributed by atoms with Crippen LogP contribution >= 0.6 is 0 Å². The lowest BCUT2D eigenvalue weighted by molar-refractivity contribution is -0.129. The molecule has 0 radical (unpaired) electrons. The van der Waals surface area contributed by atoms with Gasteiger partial charge in [0.15, 0.2) is 0 Å². The van der Waals surface area contributed by atoms with Crippen LogP contribution in [-0.2, 0) is 11.3 Å². The van der Waals surface area contributed by atoms with Crippen LogP contribution in [0.1, 0.15) is 24.5 Å². The summed E-state index contributed by atoms with van der Waals surface area (Å²) in [6.45, 7) is 6.43. The van der Waals surface area contributed by atoms with Gasteiger partial charge in [0.25, 0.3) is 0 Å². The second kappa shape index (κ2) is 4.88. The Balaban J connectivity index is 1.92. The smallest absolute Gasteiger partial charge is 0.227 e. The molecule has 2 N–H and O–H groups in total. The summed E-state index contributed by atoms with van der Waals surface area (Å²) in [5, 5.41) is 6.27. The van der Waals surface area contributed by atoms with Crippen molar-refractivity contribution in [2.24, 2.45) is 5.41 Å². The molecule has 17 heavy (non-hydrogen) atoms. The van der Waals surface area contributed by atoms with Crippen LogP contribution < -0.4 is 10.6 Å². The predicted octanol–water partition coefficient (Wildman–Crippen LogP) is 1.61. The number of amides is 1. The Morgan fingerprint density at radius 1 is 1.53 bits per heavy atom. The van der Waals surface area contributed by atoms with E-state index in [0.717, 1.165) is 25.1 Å². The van der Waals surface area contributed by atoms with Crippen LogP contribution in [0.2, 0.25) is 0 Å². The number of aryl methyl sites for hydroxylation is 1. The molecule has 1 aliphatic rings. The Bertz CT molecular complexity index is 408. The summed E-state index contributed by atoms with van der Waals surface area (Å²) in [5.74, 6) is 0.156. The quantitative estimate of drug-likeness (QED) is 0.831. The topological polar surface area (TPSA) is 41.1 Å². The summed E-state index contributed by atoms with van der Waals surface area (Å²) in [7, 11) is 0. The molecule has 1 amide bonds. The normalized spacial score (nSPS) is 23.6. The summed E-state index contributed by atoms with van der Waals surface area (Å²) >= 11 is 0. The summed E-state index contributed by atoms with van der Waals surface area (Å²) in [4.78, 5) is 12.1. The minimum absolute atomic E-state index is 0.156. The summed E-state index contributed by atoms with van der Waals surface area (Å²) in [6, 6.07) is 8.24. The van der Waals surface area contributed by atoms with Crippen molar-refractivity contribution in [3.63, 3.8) is 0 Å². The lowest BCUT2D eigenvalue weighted by atomic mass is 9.89. The van der Waals surface area contributed by atoms with Gasteiger partial charge in [0.2, 0.25) is 5.91 Å². The first-order valence-corrected chi connectivity index (χ1v) is 6.15. The highest BCUT2D eigenvalue weighted by Crippen LogP contribution is 2.24. The summed E-state index contributed by atoms with van der Waals surface area (Å²) < 4.78 is 0. The van der Waals surface area contributed by atoms with Gasteiger partial charge >= 0.3 is 0 Å². The maximum Gasteiger partial charge on any atom is 0.227 e. The number of hydrogen-bond donors (Lipinski definition) is 2. The van der Waals surface area contributed by atoms with Crippen molar-refractivity contribution in [1.29, 1.82) is 0 Å². The van der Waals surface area contributed by atoms with Crippen molar-refractivity contribution in [3.05, 3.63) is 35.4 Å². The van der Waals surface area contributed by atoms with Gasteiger partial charge in [-0.3, -0.25) is 4.79 Å². The maximum atomic E-state index is 12.1. The third-order valence-corrected chi connectivity index (χ3v) is 3.45. The Hall–Kier alpha value is -1.35. The van der Waals surface area contributed by atoms with Gasteiger partial charge in [-0.05, 0) is 32.4 Å². The zero-order chi connectivity index (χ0) is 12.3.